The average Bonchev–Trinajstić information content (AvgIpc) is 2.85. The molecule has 0 aliphatic heterocycles. The largest absolute Gasteiger partial charge is 0.497 e. The number of benzene rings is 1. The molecule has 0 amide bonds. The van der Waals surface area contributed by atoms with Gasteiger partial charge in [-0.25, -0.2) is 0 Å². The fourth-order valence-corrected chi connectivity index (χ4v) is 3.63. The van der Waals surface area contributed by atoms with Crippen LogP contribution in [0.2, 0.25) is 4.34 Å². The van der Waals surface area contributed by atoms with Crippen LogP contribution in [0.15, 0.2) is 30.3 Å². The Morgan fingerprint density at radius 2 is 2.00 bits per heavy atom. The SMILES string of the molecule is CCCCCCc1cc(Cl)sc1-c1cccc(OC)c1. The van der Waals surface area contributed by atoms with Gasteiger partial charge in [0.1, 0.15) is 5.75 Å². The fraction of sp³-hybridized carbons (Fsp3) is 0.412. The van der Waals surface area contributed by atoms with E-state index in [4.69, 9.17) is 16.3 Å². The highest BCUT2D eigenvalue weighted by atomic mass is 35.5. The molecule has 0 unspecified atom stereocenters. The van der Waals surface area contributed by atoms with E-state index in [1.807, 2.05) is 12.1 Å². The van der Waals surface area contributed by atoms with Crippen molar-refractivity contribution in [2.24, 2.45) is 0 Å². The van der Waals surface area contributed by atoms with E-state index in [0.717, 1.165) is 16.5 Å². The Morgan fingerprint density at radius 1 is 1.15 bits per heavy atom. The van der Waals surface area contributed by atoms with Crippen molar-refractivity contribution in [3.63, 3.8) is 0 Å². The summed E-state index contributed by atoms with van der Waals surface area (Å²) in [5, 5.41) is 0. The maximum absolute atomic E-state index is 6.22. The summed E-state index contributed by atoms with van der Waals surface area (Å²) in [5.41, 5.74) is 2.57. The van der Waals surface area contributed by atoms with Gasteiger partial charge in [-0.2, -0.15) is 0 Å². The molecule has 0 fully saturated rings. The second kappa shape index (κ2) is 7.70. The smallest absolute Gasteiger partial charge is 0.119 e. The van der Waals surface area contributed by atoms with E-state index >= 15 is 0 Å². The van der Waals surface area contributed by atoms with Gasteiger partial charge in [-0.1, -0.05) is 49.9 Å². The molecule has 1 aromatic heterocycles. The number of halogens is 1. The van der Waals surface area contributed by atoms with Crippen molar-refractivity contribution in [3.05, 3.63) is 40.2 Å². The number of ether oxygens (including phenoxy) is 1. The third-order valence-corrected chi connectivity index (χ3v) is 4.77. The van der Waals surface area contributed by atoms with Crippen molar-refractivity contribution in [3.8, 4) is 16.2 Å². The van der Waals surface area contributed by atoms with Gasteiger partial charge >= 0.3 is 0 Å². The van der Waals surface area contributed by atoms with Crippen LogP contribution in [-0.2, 0) is 6.42 Å². The normalized spacial score (nSPS) is 10.8. The number of hydrogen-bond acceptors (Lipinski definition) is 2. The first kappa shape index (κ1) is 15.4. The van der Waals surface area contributed by atoms with Gasteiger partial charge in [0.25, 0.3) is 0 Å². The molecule has 0 spiro atoms. The van der Waals surface area contributed by atoms with Crippen LogP contribution in [0.5, 0.6) is 5.75 Å². The summed E-state index contributed by atoms with van der Waals surface area (Å²) in [6.07, 6.45) is 6.22. The lowest BCUT2D eigenvalue weighted by Gasteiger charge is -2.06. The highest BCUT2D eigenvalue weighted by Gasteiger charge is 2.10. The van der Waals surface area contributed by atoms with Gasteiger partial charge in [0.15, 0.2) is 0 Å². The van der Waals surface area contributed by atoms with Crippen LogP contribution in [0.1, 0.15) is 38.2 Å². The van der Waals surface area contributed by atoms with Crippen molar-refractivity contribution in [2.75, 3.05) is 7.11 Å². The Balaban J connectivity index is 2.17. The average molecular weight is 309 g/mol. The van der Waals surface area contributed by atoms with Crippen LogP contribution in [0.25, 0.3) is 10.4 Å². The number of aryl methyl sites for hydroxylation is 1. The predicted octanol–water partition coefficient (Wildman–Crippen LogP) is 6.20. The van der Waals surface area contributed by atoms with Crippen molar-refractivity contribution in [1.29, 1.82) is 0 Å². The van der Waals surface area contributed by atoms with Crippen LogP contribution in [0.3, 0.4) is 0 Å². The number of thiophene rings is 1. The molecule has 108 valence electrons. The van der Waals surface area contributed by atoms with E-state index in [1.165, 1.54) is 41.7 Å². The molecule has 0 saturated carbocycles. The summed E-state index contributed by atoms with van der Waals surface area (Å²) >= 11 is 7.88. The van der Waals surface area contributed by atoms with Crippen molar-refractivity contribution in [2.45, 2.75) is 39.0 Å². The van der Waals surface area contributed by atoms with Crippen molar-refractivity contribution in [1.82, 2.24) is 0 Å². The molecule has 2 aromatic rings. The quantitative estimate of drug-likeness (QED) is 0.553. The van der Waals surface area contributed by atoms with Gasteiger partial charge in [0.05, 0.1) is 11.4 Å². The minimum Gasteiger partial charge on any atom is -0.497 e. The maximum atomic E-state index is 6.22. The molecular formula is C17H21ClOS. The van der Waals surface area contributed by atoms with Crippen LogP contribution < -0.4 is 4.74 Å². The summed E-state index contributed by atoms with van der Waals surface area (Å²) in [6, 6.07) is 10.3. The molecule has 0 radical (unpaired) electrons. The zero-order valence-corrected chi connectivity index (χ0v) is 13.7. The summed E-state index contributed by atoms with van der Waals surface area (Å²) in [5.74, 6) is 0.893. The molecule has 20 heavy (non-hydrogen) atoms. The van der Waals surface area contributed by atoms with Gasteiger partial charge in [-0.3, -0.25) is 0 Å². The lowest BCUT2D eigenvalue weighted by atomic mass is 10.0. The van der Waals surface area contributed by atoms with Crippen molar-refractivity contribution < 1.29 is 4.74 Å². The van der Waals surface area contributed by atoms with Gasteiger partial charge in [0.2, 0.25) is 0 Å². The Hall–Kier alpha value is -0.990. The highest BCUT2D eigenvalue weighted by molar-refractivity contribution is 7.19. The van der Waals surface area contributed by atoms with Crippen LogP contribution >= 0.6 is 22.9 Å². The first-order valence-electron chi connectivity index (χ1n) is 7.17. The second-order valence-corrected chi connectivity index (χ2v) is 6.63. The molecule has 0 bridgehead atoms. The molecule has 1 aromatic carbocycles. The summed E-state index contributed by atoms with van der Waals surface area (Å²) in [7, 11) is 1.70. The summed E-state index contributed by atoms with van der Waals surface area (Å²) in [6.45, 7) is 2.24. The predicted molar refractivity (Wildman–Crippen MR) is 89.2 cm³/mol. The topological polar surface area (TPSA) is 9.23 Å². The molecule has 0 aliphatic carbocycles. The van der Waals surface area contributed by atoms with Crippen LogP contribution in [0, 0.1) is 0 Å². The number of rotatable bonds is 7. The molecule has 2 rings (SSSR count). The Labute approximate surface area is 130 Å². The molecule has 0 atom stereocenters. The monoisotopic (exact) mass is 308 g/mol. The lowest BCUT2D eigenvalue weighted by molar-refractivity contribution is 0.415. The molecule has 0 aliphatic rings. The molecular weight excluding hydrogens is 288 g/mol. The lowest BCUT2D eigenvalue weighted by Crippen LogP contribution is -1.87. The van der Waals surface area contributed by atoms with E-state index in [9.17, 15) is 0 Å². The van der Waals surface area contributed by atoms with Crippen molar-refractivity contribution >= 4 is 22.9 Å². The standard InChI is InChI=1S/C17H21ClOS/c1-3-4-5-6-8-14-12-16(18)20-17(14)13-9-7-10-15(11-13)19-2/h7,9-12H,3-6,8H2,1-2H3. The van der Waals surface area contributed by atoms with Gasteiger partial charge in [-0.05, 0) is 42.2 Å². The zero-order valence-electron chi connectivity index (χ0n) is 12.1. The summed E-state index contributed by atoms with van der Waals surface area (Å²) in [4.78, 5) is 1.28. The minimum absolute atomic E-state index is 0.869. The minimum atomic E-state index is 0.869. The molecule has 0 saturated heterocycles. The Bertz CT molecular complexity index is 548. The first-order chi connectivity index (χ1) is 9.74. The molecule has 0 N–H and O–H groups in total. The number of hydrogen-bond donors (Lipinski definition) is 0. The first-order valence-corrected chi connectivity index (χ1v) is 8.36. The Kier molecular flexibility index (Phi) is 5.93. The molecule has 1 nitrogen and oxygen atoms in total. The maximum Gasteiger partial charge on any atom is 0.119 e. The van der Waals surface area contributed by atoms with Gasteiger partial charge in [0, 0.05) is 4.88 Å². The van der Waals surface area contributed by atoms with E-state index in [0.29, 0.717) is 0 Å². The zero-order chi connectivity index (χ0) is 14.4. The number of methoxy groups -OCH3 is 1. The van der Waals surface area contributed by atoms with Gasteiger partial charge < -0.3 is 4.74 Å². The Morgan fingerprint density at radius 3 is 2.75 bits per heavy atom. The second-order valence-electron chi connectivity index (χ2n) is 4.95. The molecule has 1 heterocycles. The third-order valence-electron chi connectivity index (χ3n) is 3.41. The van der Waals surface area contributed by atoms with E-state index in [-0.39, 0.29) is 0 Å². The summed E-state index contributed by atoms with van der Waals surface area (Å²) < 4.78 is 6.18. The van der Waals surface area contributed by atoms with E-state index < -0.39 is 0 Å². The fourth-order valence-electron chi connectivity index (χ4n) is 2.33. The van der Waals surface area contributed by atoms with Gasteiger partial charge in [-0.15, -0.1) is 11.3 Å². The molecule has 3 heteroatoms. The highest BCUT2D eigenvalue weighted by Crippen LogP contribution is 2.37. The van der Waals surface area contributed by atoms with E-state index in [1.54, 1.807) is 18.4 Å². The van der Waals surface area contributed by atoms with Crippen LogP contribution in [-0.4, -0.2) is 7.11 Å². The third kappa shape index (κ3) is 4.00. The number of unbranched alkanes of at least 4 members (excludes halogenated alkanes) is 3. The van der Waals surface area contributed by atoms with Crippen LogP contribution in [0.4, 0.5) is 0 Å². The van der Waals surface area contributed by atoms with E-state index in [2.05, 4.69) is 25.1 Å².